The second kappa shape index (κ2) is 5.72. The summed E-state index contributed by atoms with van der Waals surface area (Å²) in [4.78, 5) is 14.6. The van der Waals surface area contributed by atoms with Gasteiger partial charge in [0.15, 0.2) is 0 Å². The molecule has 6 nitrogen and oxygen atoms in total. The minimum atomic E-state index is -0.410. The first-order valence-electron chi connectivity index (χ1n) is 6.61. The molecule has 0 unspecified atom stereocenters. The number of hydrogen-bond donors (Lipinski definition) is 1. The fourth-order valence-corrected chi connectivity index (χ4v) is 3.13. The Balaban J connectivity index is 1.70. The Kier molecular flexibility index (Phi) is 3.79. The van der Waals surface area contributed by atoms with Crippen molar-refractivity contribution in [2.75, 3.05) is 19.7 Å². The maximum atomic E-state index is 10.7. The van der Waals surface area contributed by atoms with Gasteiger partial charge in [0.1, 0.15) is 0 Å². The molecule has 7 heteroatoms. The van der Waals surface area contributed by atoms with Crippen molar-refractivity contribution in [1.82, 2.24) is 10.3 Å². The number of nitro benzene ring substituents is 1. The molecule has 1 saturated heterocycles. The van der Waals surface area contributed by atoms with E-state index in [4.69, 9.17) is 4.74 Å². The van der Waals surface area contributed by atoms with Crippen molar-refractivity contribution in [2.45, 2.75) is 12.8 Å². The van der Waals surface area contributed by atoms with Crippen molar-refractivity contribution in [3.8, 4) is 5.19 Å². The third kappa shape index (κ3) is 2.88. The number of thiazole rings is 1. The quantitative estimate of drug-likeness (QED) is 0.692. The average Bonchev–Trinajstić information content (AvgIpc) is 2.88. The summed E-state index contributed by atoms with van der Waals surface area (Å²) < 4.78 is 6.64. The Morgan fingerprint density at radius 2 is 2.45 bits per heavy atom. The van der Waals surface area contributed by atoms with E-state index in [0.29, 0.717) is 23.2 Å². The molecule has 1 fully saturated rings. The molecule has 1 atom stereocenters. The molecule has 0 spiro atoms. The van der Waals surface area contributed by atoms with Gasteiger partial charge in [0.05, 0.1) is 21.7 Å². The highest BCUT2D eigenvalue weighted by Crippen LogP contribution is 2.30. The number of aromatic nitrogens is 1. The number of fused-ring (bicyclic) bond motifs is 1. The van der Waals surface area contributed by atoms with Crippen LogP contribution in [0.1, 0.15) is 12.8 Å². The Bertz CT molecular complexity index is 622. The predicted molar refractivity (Wildman–Crippen MR) is 77.4 cm³/mol. The molecular weight excluding hydrogens is 278 g/mol. The Labute approximate surface area is 119 Å². The van der Waals surface area contributed by atoms with Crippen LogP contribution in [0, 0.1) is 16.0 Å². The van der Waals surface area contributed by atoms with Gasteiger partial charge in [0.2, 0.25) is 0 Å². The maximum Gasteiger partial charge on any atom is 0.274 e. The van der Waals surface area contributed by atoms with E-state index in [1.54, 1.807) is 6.07 Å². The lowest BCUT2D eigenvalue weighted by Gasteiger charge is -2.21. The minimum absolute atomic E-state index is 0.0610. The number of nitrogens with zero attached hydrogens (tertiary/aromatic N) is 2. The normalized spacial score (nSPS) is 19.1. The predicted octanol–water partition coefficient (Wildman–Crippen LogP) is 2.58. The largest absolute Gasteiger partial charge is 0.470 e. The highest BCUT2D eigenvalue weighted by atomic mass is 32.1. The van der Waals surface area contributed by atoms with Crippen LogP contribution < -0.4 is 10.1 Å². The molecule has 1 N–H and O–H groups in total. The van der Waals surface area contributed by atoms with Crippen LogP contribution in [0.25, 0.3) is 10.2 Å². The summed E-state index contributed by atoms with van der Waals surface area (Å²) in [7, 11) is 0. The smallest absolute Gasteiger partial charge is 0.274 e. The van der Waals surface area contributed by atoms with Gasteiger partial charge in [-0.3, -0.25) is 10.1 Å². The van der Waals surface area contributed by atoms with Crippen LogP contribution in [0.2, 0.25) is 0 Å². The first kappa shape index (κ1) is 13.3. The van der Waals surface area contributed by atoms with Gasteiger partial charge in [-0.05, 0) is 25.5 Å². The van der Waals surface area contributed by atoms with Crippen LogP contribution in [-0.4, -0.2) is 29.6 Å². The van der Waals surface area contributed by atoms with Gasteiger partial charge in [0, 0.05) is 24.6 Å². The van der Waals surface area contributed by atoms with Crippen LogP contribution >= 0.6 is 11.3 Å². The van der Waals surface area contributed by atoms with Gasteiger partial charge in [0.25, 0.3) is 10.9 Å². The number of benzene rings is 1. The van der Waals surface area contributed by atoms with E-state index in [1.165, 1.54) is 36.3 Å². The fourth-order valence-electron chi connectivity index (χ4n) is 2.33. The van der Waals surface area contributed by atoms with Crippen molar-refractivity contribution < 1.29 is 9.66 Å². The zero-order chi connectivity index (χ0) is 13.9. The lowest BCUT2D eigenvalue weighted by molar-refractivity contribution is -0.384. The van der Waals surface area contributed by atoms with E-state index in [0.717, 1.165) is 17.8 Å². The lowest BCUT2D eigenvalue weighted by Crippen LogP contribution is -2.33. The SMILES string of the molecule is O=[N+]([O-])c1ccc2sc(OC[C@@H]3CCCNC3)nc2c1. The summed E-state index contributed by atoms with van der Waals surface area (Å²) in [6.45, 7) is 2.71. The van der Waals surface area contributed by atoms with Crippen LogP contribution in [0.15, 0.2) is 18.2 Å². The third-order valence-electron chi connectivity index (χ3n) is 3.40. The molecule has 2 aromatic rings. The maximum absolute atomic E-state index is 10.7. The zero-order valence-electron chi connectivity index (χ0n) is 10.9. The second-order valence-electron chi connectivity index (χ2n) is 4.91. The van der Waals surface area contributed by atoms with Crippen LogP contribution in [0.3, 0.4) is 0 Å². The van der Waals surface area contributed by atoms with Crippen molar-refractivity contribution >= 4 is 27.2 Å². The van der Waals surface area contributed by atoms with Crippen molar-refractivity contribution in [3.05, 3.63) is 28.3 Å². The molecule has 3 rings (SSSR count). The molecule has 1 aliphatic heterocycles. The monoisotopic (exact) mass is 293 g/mol. The molecule has 0 aliphatic carbocycles. The summed E-state index contributed by atoms with van der Waals surface area (Å²) in [6, 6.07) is 4.70. The zero-order valence-corrected chi connectivity index (χ0v) is 11.7. The number of nitrogens with one attached hydrogen (secondary N) is 1. The Morgan fingerprint density at radius 3 is 3.20 bits per heavy atom. The molecule has 0 bridgehead atoms. The fraction of sp³-hybridized carbons (Fsp3) is 0.462. The molecule has 1 aliphatic rings. The van der Waals surface area contributed by atoms with Gasteiger partial charge in [-0.2, -0.15) is 0 Å². The van der Waals surface area contributed by atoms with Crippen LogP contribution in [-0.2, 0) is 0 Å². The lowest BCUT2D eigenvalue weighted by atomic mass is 10.0. The number of non-ortho nitro benzene ring substituents is 1. The highest BCUT2D eigenvalue weighted by molar-refractivity contribution is 7.20. The minimum Gasteiger partial charge on any atom is -0.470 e. The molecule has 0 amide bonds. The molecule has 0 radical (unpaired) electrons. The summed E-state index contributed by atoms with van der Waals surface area (Å²) in [5.74, 6) is 0.519. The summed E-state index contributed by atoms with van der Waals surface area (Å²) in [5, 5.41) is 14.7. The van der Waals surface area contributed by atoms with E-state index in [9.17, 15) is 10.1 Å². The Morgan fingerprint density at radius 1 is 1.55 bits per heavy atom. The number of nitro groups is 1. The average molecular weight is 293 g/mol. The van der Waals surface area contributed by atoms with Gasteiger partial charge < -0.3 is 10.1 Å². The van der Waals surface area contributed by atoms with E-state index in [1.807, 2.05) is 0 Å². The first-order valence-corrected chi connectivity index (χ1v) is 7.42. The highest BCUT2D eigenvalue weighted by Gasteiger charge is 2.15. The molecule has 1 aromatic heterocycles. The van der Waals surface area contributed by atoms with Crippen LogP contribution in [0.5, 0.6) is 5.19 Å². The second-order valence-corrected chi connectivity index (χ2v) is 5.91. The van der Waals surface area contributed by atoms with Crippen molar-refractivity contribution in [1.29, 1.82) is 0 Å². The van der Waals surface area contributed by atoms with Gasteiger partial charge in [-0.25, -0.2) is 4.98 Å². The Hall–Kier alpha value is -1.73. The molecule has 20 heavy (non-hydrogen) atoms. The number of ether oxygens (including phenoxy) is 1. The third-order valence-corrected chi connectivity index (χ3v) is 4.35. The molecule has 2 heterocycles. The molecule has 1 aromatic carbocycles. The van der Waals surface area contributed by atoms with Gasteiger partial charge in [-0.1, -0.05) is 11.3 Å². The summed E-state index contributed by atoms with van der Waals surface area (Å²) in [6.07, 6.45) is 2.35. The number of piperidine rings is 1. The van der Waals surface area contributed by atoms with E-state index in [2.05, 4.69) is 10.3 Å². The molecule has 0 saturated carbocycles. The summed E-state index contributed by atoms with van der Waals surface area (Å²) >= 11 is 1.43. The van der Waals surface area contributed by atoms with Gasteiger partial charge >= 0.3 is 0 Å². The van der Waals surface area contributed by atoms with E-state index in [-0.39, 0.29) is 5.69 Å². The van der Waals surface area contributed by atoms with E-state index < -0.39 is 4.92 Å². The molecular formula is C13H15N3O3S. The first-order chi connectivity index (χ1) is 9.72. The topological polar surface area (TPSA) is 77.3 Å². The summed E-state index contributed by atoms with van der Waals surface area (Å²) in [5.41, 5.74) is 0.687. The van der Waals surface area contributed by atoms with Crippen molar-refractivity contribution in [2.24, 2.45) is 5.92 Å². The van der Waals surface area contributed by atoms with Gasteiger partial charge in [-0.15, -0.1) is 0 Å². The van der Waals surface area contributed by atoms with E-state index >= 15 is 0 Å². The molecule has 106 valence electrons. The number of rotatable bonds is 4. The number of hydrogen-bond acceptors (Lipinski definition) is 6. The standard InChI is InChI=1S/C13H15N3O3S/c17-16(18)10-3-4-12-11(6-10)15-13(20-12)19-8-9-2-1-5-14-7-9/h3-4,6,9,14H,1-2,5,7-8H2/t9-/m1/s1. The van der Waals surface area contributed by atoms with Crippen LogP contribution in [0.4, 0.5) is 5.69 Å². The van der Waals surface area contributed by atoms with Crippen molar-refractivity contribution in [3.63, 3.8) is 0 Å².